The molecule has 1 amide bonds. The zero-order valence-corrected chi connectivity index (χ0v) is 12.8. The van der Waals surface area contributed by atoms with Gasteiger partial charge >= 0.3 is 6.09 Å². The number of carbonyl (C=O) groups excluding carboxylic acids is 1. The van der Waals surface area contributed by atoms with Crippen molar-refractivity contribution in [1.82, 2.24) is 4.90 Å². The Hall–Kier alpha value is -1.10. The number of hydrogen-bond donors (Lipinski definition) is 0. The van der Waals surface area contributed by atoms with Crippen LogP contribution in [-0.4, -0.2) is 23.1 Å². The summed E-state index contributed by atoms with van der Waals surface area (Å²) in [7, 11) is 0. The fourth-order valence-corrected chi connectivity index (χ4v) is 2.75. The van der Waals surface area contributed by atoms with Crippen LogP contribution < -0.4 is 0 Å². The molecule has 0 aliphatic carbocycles. The summed E-state index contributed by atoms with van der Waals surface area (Å²) in [6.45, 7) is 5.81. The minimum atomic E-state index is -1.19. The van der Waals surface area contributed by atoms with E-state index in [0.717, 1.165) is 10.0 Å². The molecule has 1 aromatic rings. The Morgan fingerprint density at radius 1 is 1.47 bits per heavy atom. The molecule has 1 aliphatic rings. The largest absolute Gasteiger partial charge is 0.444 e. The van der Waals surface area contributed by atoms with Gasteiger partial charge in [-0.05, 0) is 32.4 Å². The summed E-state index contributed by atoms with van der Waals surface area (Å²) in [6, 6.07) is 5.49. The second-order valence-electron chi connectivity index (χ2n) is 5.64. The first-order chi connectivity index (χ1) is 8.78. The lowest BCUT2D eigenvalue weighted by Crippen LogP contribution is -2.40. The molecule has 0 aromatic heterocycles. The van der Waals surface area contributed by atoms with Gasteiger partial charge in [-0.15, -0.1) is 0 Å². The van der Waals surface area contributed by atoms with Gasteiger partial charge in [-0.25, -0.2) is 9.18 Å². The Balaban J connectivity index is 2.20. The van der Waals surface area contributed by atoms with Crippen LogP contribution >= 0.6 is 15.9 Å². The SMILES string of the molecule is CC(C)(C)OC(=O)N1Cc2cccc(Br)c2[C@@H](F)C1. The van der Waals surface area contributed by atoms with E-state index in [-0.39, 0.29) is 6.54 Å². The van der Waals surface area contributed by atoms with Crippen LogP contribution in [0.3, 0.4) is 0 Å². The number of rotatable bonds is 0. The van der Waals surface area contributed by atoms with Gasteiger partial charge in [0.2, 0.25) is 0 Å². The average molecular weight is 330 g/mol. The van der Waals surface area contributed by atoms with Gasteiger partial charge in [0.1, 0.15) is 11.8 Å². The van der Waals surface area contributed by atoms with Crippen LogP contribution in [0.5, 0.6) is 0 Å². The first-order valence-electron chi connectivity index (χ1n) is 6.17. The molecule has 0 fully saturated rings. The molecule has 1 aromatic carbocycles. The maximum atomic E-state index is 14.2. The van der Waals surface area contributed by atoms with Crippen LogP contribution in [0.2, 0.25) is 0 Å². The van der Waals surface area contributed by atoms with Crippen molar-refractivity contribution in [2.75, 3.05) is 6.54 Å². The zero-order valence-electron chi connectivity index (χ0n) is 11.2. The Labute approximate surface area is 120 Å². The second-order valence-corrected chi connectivity index (χ2v) is 6.50. The van der Waals surface area contributed by atoms with Crippen LogP contribution in [-0.2, 0) is 11.3 Å². The van der Waals surface area contributed by atoms with E-state index in [1.54, 1.807) is 20.8 Å². The molecule has 1 atom stereocenters. The molecule has 0 bridgehead atoms. The third kappa shape index (κ3) is 3.26. The maximum absolute atomic E-state index is 14.2. The van der Waals surface area contributed by atoms with Crippen molar-refractivity contribution in [1.29, 1.82) is 0 Å². The van der Waals surface area contributed by atoms with E-state index in [9.17, 15) is 9.18 Å². The fourth-order valence-electron chi connectivity index (χ4n) is 2.09. The lowest BCUT2D eigenvalue weighted by Gasteiger charge is -2.33. The van der Waals surface area contributed by atoms with Crippen molar-refractivity contribution >= 4 is 22.0 Å². The summed E-state index contributed by atoms with van der Waals surface area (Å²) in [5.41, 5.74) is 0.891. The quantitative estimate of drug-likeness (QED) is 0.713. The van der Waals surface area contributed by atoms with Crippen LogP contribution in [0.4, 0.5) is 9.18 Å². The van der Waals surface area contributed by atoms with Crippen LogP contribution in [0.1, 0.15) is 38.1 Å². The predicted octanol–water partition coefficient (Wildman–Crippen LogP) is 4.21. The standard InChI is InChI=1S/C14H17BrFNO2/c1-14(2,3)19-13(18)17-7-9-5-4-6-10(15)12(9)11(16)8-17/h4-6,11H,7-8H2,1-3H3/t11-/m0/s1. The third-order valence-corrected chi connectivity index (χ3v) is 3.54. The molecule has 3 nitrogen and oxygen atoms in total. The number of amides is 1. The molecular formula is C14H17BrFNO2. The molecule has 0 radical (unpaired) electrons. The van der Waals surface area contributed by atoms with E-state index in [0.29, 0.717) is 12.1 Å². The Morgan fingerprint density at radius 2 is 2.16 bits per heavy atom. The van der Waals surface area contributed by atoms with E-state index < -0.39 is 17.9 Å². The summed E-state index contributed by atoms with van der Waals surface area (Å²) >= 11 is 3.35. The van der Waals surface area contributed by atoms with Gasteiger partial charge in [0.05, 0.1) is 6.54 Å². The van der Waals surface area contributed by atoms with Crippen LogP contribution in [0, 0.1) is 0 Å². The molecule has 0 saturated carbocycles. The van der Waals surface area contributed by atoms with Crippen molar-refractivity contribution in [3.8, 4) is 0 Å². The van der Waals surface area contributed by atoms with Gasteiger partial charge < -0.3 is 9.64 Å². The molecule has 0 spiro atoms. The smallest absolute Gasteiger partial charge is 0.410 e. The van der Waals surface area contributed by atoms with Gasteiger partial charge in [0.25, 0.3) is 0 Å². The molecule has 0 N–H and O–H groups in total. The number of ether oxygens (including phenoxy) is 1. The first kappa shape index (κ1) is 14.3. The van der Waals surface area contributed by atoms with Gasteiger partial charge in [-0.2, -0.15) is 0 Å². The van der Waals surface area contributed by atoms with Crippen molar-refractivity contribution < 1.29 is 13.9 Å². The number of nitrogens with zero attached hydrogens (tertiary/aromatic N) is 1. The van der Waals surface area contributed by atoms with E-state index in [4.69, 9.17) is 4.74 Å². The summed E-state index contributed by atoms with van der Waals surface area (Å²) in [4.78, 5) is 13.4. The molecule has 0 saturated heterocycles. The van der Waals surface area contributed by atoms with E-state index >= 15 is 0 Å². The molecular weight excluding hydrogens is 313 g/mol. The number of fused-ring (bicyclic) bond motifs is 1. The Morgan fingerprint density at radius 3 is 2.79 bits per heavy atom. The number of alkyl halides is 1. The minimum Gasteiger partial charge on any atom is -0.444 e. The van der Waals surface area contributed by atoms with Gasteiger partial charge in [0.15, 0.2) is 0 Å². The minimum absolute atomic E-state index is 0.0323. The molecule has 0 unspecified atom stereocenters. The van der Waals surface area contributed by atoms with Crippen molar-refractivity contribution in [2.24, 2.45) is 0 Å². The highest BCUT2D eigenvalue weighted by Crippen LogP contribution is 2.35. The highest BCUT2D eigenvalue weighted by atomic mass is 79.9. The number of halogens is 2. The molecule has 2 rings (SSSR count). The normalized spacial score (nSPS) is 19.0. The predicted molar refractivity (Wildman–Crippen MR) is 74.6 cm³/mol. The molecule has 1 aliphatic heterocycles. The molecule has 104 valence electrons. The van der Waals surface area contributed by atoms with Crippen molar-refractivity contribution in [2.45, 2.75) is 39.1 Å². The van der Waals surface area contributed by atoms with Gasteiger partial charge in [-0.1, -0.05) is 28.1 Å². The van der Waals surface area contributed by atoms with E-state index in [1.807, 2.05) is 18.2 Å². The highest BCUT2D eigenvalue weighted by molar-refractivity contribution is 9.10. The second kappa shape index (κ2) is 5.12. The third-order valence-electron chi connectivity index (χ3n) is 2.85. The van der Waals surface area contributed by atoms with Crippen LogP contribution in [0.25, 0.3) is 0 Å². The van der Waals surface area contributed by atoms with Crippen LogP contribution in [0.15, 0.2) is 22.7 Å². The summed E-state index contributed by atoms with van der Waals surface area (Å²) in [5.74, 6) is 0. The lowest BCUT2D eigenvalue weighted by molar-refractivity contribution is 0.0159. The van der Waals surface area contributed by atoms with Crippen molar-refractivity contribution in [3.05, 3.63) is 33.8 Å². The van der Waals surface area contributed by atoms with Gasteiger partial charge in [-0.3, -0.25) is 0 Å². The lowest BCUT2D eigenvalue weighted by atomic mass is 9.99. The number of benzene rings is 1. The Bertz CT molecular complexity index is 499. The molecule has 19 heavy (non-hydrogen) atoms. The zero-order chi connectivity index (χ0) is 14.2. The topological polar surface area (TPSA) is 29.5 Å². The van der Waals surface area contributed by atoms with E-state index in [2.05, 4.69) is 15.9 Å². The molecule has 1 heterocycles. The summed E-state index contributed by atoms with van der Waals surface area (Å²) in [5, 5.41) is 0. The number of carbonyl (C=O) groups is 1. The summed E-state index contributed by atoms with van der Waals surface area (Å²) in [6.07, 6.45) is -1.66. The first-order valence-corrected chi connectivity index (χ1v) is 6.96. The van der Waals surface area contributed by atoms with Crippen molar-refractivity contribution in [3.63, 3.8) is 0 Å². The van der Waals surface area contributed by atoms with Gasteiger partial charge in [0, 0.05) is 16.6 Å². The monoisotopic (exact) mass is 329 g/mol. The Kier molecular flexibility index (Phi) is 3.85. The summed E-state index contributed by atoms with van der Waals surface area (Å²) < 4.78 is 20.2. The average Bonchev–Trinajstić information content (AvgIpc) is 2.26. The molecule has 5 heteroatoms. The highest BCUT2D eigenvalue weighted by Gasteiger charge is 2.31. The maximum Gasteiger partial charge on any atom is 0.410 e. The van der Waals surface area contributed by atoms with E-state index in [1.165, 1.54) is 4.90 Å². The number of hydrogen-bond acceptors (Lipinski definition) is 2. The fraction of sp³-hybridized carbons (Fsp3) is 0.500.